The Morgan fingerprint density at radius 1 is 1.63 bits per heavy atom. The van der Waals surface area contributed by atoms with Crippen molar-refractivity contribution in [1.82, 2.24) is 9.78 Å². The molecule has 0 aromatic carbocycles. The molecule has 5 nitrogen and oxygen atoms in total. The summed E-state index contributed by atoms with van der Waals surface area (Å²) >= 11 is 6.04. The predicted octanol–water partition coefficient (Wildman–Crippen LogP) is 2.00. The van der Waals surface area contributed by atoms with Crippen LogP contribution < -0.4 is 10.9 Å². The summed E-state index contributed by atoms with van der Waals surface area (Å²) in [5, 5.41) is 7.58. The quantitative estimate of drug-likeness (QED) is 0.832. The van der Waals surface area contributed by atoms with Crippen molar-refractivity contribution in [2.24, 2.45) is 11.8 Å². The van der Waals surface area contributed by atoms with Crippen molar-refractivity contribution in [1.29, 1.82) is 0 Å². The zero-order valence-corrected chi connectivity index (χ0v) is 12.1. The molecule has 1 aliphatic carbocycles. The Kier molecular flexibility index (Phi) is 4.82. The van der Waals surface area contributed by atoms with Crippen LogP contribution in [0.25, 0.3) is 0 Å². The van der Waals surface area contributed by atoms with Crippen molar-refractivity contribution < 1.29 is 4.74 Å². The summed E-state index contributed by atoms with van der Waals surface area (Å²) in [6.45, 7) is 4.04. The summed E-state index contributed by atoms with van der Waals surface area (Å²) in [6, 6.07) is 0. The van der Waals surface area contributed by atoms with Gasteiger partial charge in [0.15, 0.2) is 0 Å². The molecule has 1 heterocycles. The second-order valence-electron chi connectivity index (χ2n) is 5.24. The molecule has 0 amide bonds. The summed E-state index contributed by atoms with van der Waals surface area (Å²) in [5.41, 5.74) is 0.310. The normalized spacial score (nSPS) is 16.4. The molecule has 0 spiro atoms. The summed E-state index contributed by atoms with van der Waals surface area (Å²) in [5.74, 6) is 0.914. The van der Waals surface area contributed by atoms with E-state index in [1.807, 2.05) is 6.92 Å². The van der Waals surface area contributed by atoms with Gasteiger partial charge in [-0.1, -0.05) is 18.5 Å². The molecule has 0 bridgehead atoms. The van der Waals surface area contributed by atoms with Crippen LogP contribution in [0, 0.1) is 11.8 Å². The lowest BCUT2D eigenvalue weighted by molar-refractivity contribution is 0.164. The predicted molar refractivity (Wildman–Crippen MR) is 75.8 cm³/mol. The van der Waals surface area contributed by atoms with Gasteiger partial charge in [-0.25, -0.2) is 4.68 Å². The molecule has 19 heavy (non-hydrogen) atoms. The third-order valence-corrected chi connectivity index (χ3v) is 3.49. The summed E-state index contributed by atoms with van der Waals surface area (Å²) in [6.07, 6.45) is 3.91. The molecule has 1 aliphatic rings. The van der Waals surface area contributed by atoms with Gasteiger partial charge < -0.3 is 10.1 Å². The first-order valence-corrected chi connectivity index (χ1v) is 6.98. The lowest BCUT2D eigenvalue weighted by Crippen LogP contribution is -2.28. The Balaban J connectivity index is 2.07. The van der Waals surface area contributed by atoms with Gasteiger partial charge in [0, 0.05) is 20.2 Å². The van der Waals surface area contributed by atoms with Crippen molar-refractivity contribution in [3.05, 3.63) is 21.6 Å². The summed E-state index contributed by atoms with van der Waals surface area (Å²) in [7, 11) is 1.67. The molecule has 1 fully saturated rings. The number of methoxy groups -OCH3 is 1. The number of hydrogen-bond acceptors (Lipinski definition) is 4. The molecule has 0 saturated heterocycles. The van der Waals surface area contributed by atoms with Crippen LogP contribution in [0.5, 0.6) is 0 Å². The van der Waals surface area contributed by atoms with Crippen molar-refractivity contribution in [3.8, 4) is 0 Å². The highest BCUT2D eigenvalue weighted by atomic mass is 35.5. The van der Waals surface area contributed by atoms with Gasteiger partial charge in [0.25, 0.3) is 5.56 Å². The highest BCUT2D eigenvalue weighted by Gasteiger charge is 2.23. The summed E-state index contributed by atoms with van der Waals surface area (Å²) < 4.78 is 6.58. The van der Waals surface area contributed by atoms with E-state index in [1.54, 1.807) is 7.11 Å². The highest BCUT2D eigenvalue weighted by molar-refractivity contribution is 6.32. The number of halogens is 1. The topological polar surface area (TPSA) is 56.1 Å². The van der Waals surface area contributed by atoms with E-state index < -0.39 is 0 Å². The van der Waals surface area contributed by atoms with Crippen molar-refractivity contribution in [3.63, 3.8) is 0 Å². The van der Waals surface area contributed by atoms with Gasteiger partial charge in [0.05, 0.1) is 17.8 Å². The second kappa shape index (κ2) is 6.39. The number of nitrogens with one attached hydrogen (secondary N) is 1. The third-order valence-electron chi connectivity index (χ3n) is 3.20. The molecule has 6 heteroatoms. The Labute approximate surface area is 117 Å². The minimum Gasteiger partial charge on any atom is -0.384 e. The molecular formula is C13H20ClN3O2. The first kappa shape index (κ1) is 14.3. The Morgan fingerprint density at radius 2 is 2.37 bits per heavy atom. The number of rotatable bonds is 7. The standard InChI is InChI=1S/C13H20ClN3O2/c1-9(8-19-2)5-15-12-11(14)6-16-17(13(12)18)7-10-3-4-10/h6,9-10,15H,3-5,7-8H2,1-2H3. The van der Waals surface area contributed by atoms with Crippen LogP contribution in [0.3, 0.4) is 0 Å². The van der Waals surface area contributed by atoms with Gasteiger partial charge in [-0.05, 0) is 24.7 Å². The maximum absolute atomic E-state index is 12.2. The Hall–Kier alpha value is -1.07. The van der Waals surface area contributed by atoms with Crippen molar-refractivity contribution >= 4 is 17.3 Å². The number of anilines is 1. The van der Waals surface area contributed by atoms with E-state index in [2.05, 4.69) is 10.4 Å². The van der Waals surface area contributed by atoms with Gasteiger partial charge in [-0.2, -0.15) is 5.10 Å². The fourth-order valence-electron chi connectivity index (χ4n) is 1.92. The van der Waals surface area contributed by atoms with Crippen LogP contribution in [0.15, 0.2) is 11.0 Å². The number of aromatic nitrogens is 2. The van der Waals surface area contributed by atoms with Crippen LogP contribution in [-0.2, 0) is 11.3 Å². The van der Waals surface area contributed by atoms with E-state index in [4.69, 9.17) is 16.3 Å². The SMILES string of the molecule is COCC(C)CNc1c(Cl)cnn(CC2CC2)c1=O. The molecule has 1 aromatic rings. The fraction of sp³-hybridized carbons (Fsp3) is 0.692. The molecule has 0 aliphatic heterocycles. The van der Waals surface area contributed by atoms with Gasteiger partial charge in [-0.3, -0.25) is 4.79 Å². The average molecular weight is 286 g/mol. The molecule has 1 atom stereocenters. The molecule has 2 rings (SSSR count). The van der Waals surface area contributed by atoms with Crippen LogP contribution >= 0.6 is 11.6 Å². The van der Waals surface area contributed by atoms with Crippen molar-refractivity contribution in [2.75, 3.05) is 25.6 Å². The first-order chi connectivity index (χ1) is 9.11. The first-order valence-electron chi connectivity index (χ1n) is 6.60. The minimum atomic E-state index is -0.135. The van der Waals surface area contributed by atoms with E-state index in [0.29, 0.717) is 42.2 Å². The smallest absolute Gasteiger partial charge is 0.291 e. The van der Waals surface area contributed by atoms with E-state index in [-0.39, 0.29) is 5.56 Å². The van der Waals surface area contributed by atoms with Gasteiger partial charge in [0.2, 0.25) is 0 Å². The molecule has 1 N–H and O–H groups in total. The maximum Gasteiger partial charge on any atom is 0.291 e. The number of ether oxygens (including phenoxy) is 1. The zero-order valence-electron chi connectivity index (χ0n) is 11.4. The largest absolute Gasteiger partial charge is 0.384 e. The highest BCUT2D eigenvalue weighted by Crippen LogP contribution is 2.30. The fourth-order valence-corrected chi connectivity index (χ4v) is 2.11. The Bertz CT molecular complexity index is 485. The molecule has 1 unspecified atom stereocenters. The van der Waals surface area contributed by atoms with Crippen LogP contribution in [0.2, 0.25) is 5.02 Å². The molecule has 1 aromatic heterocycles. The number of nitrogens with zero attached hydrogens (tertiary/aromatic N) is 2. The molecule has 1 saturated carbocycles. The summed E-state index contributed by atoms with van der Waals surface area (Å²) in [4.78, 5) is 12.2. The molecule has 0 radical (unpaired) electrons. The molecular weight excluding hydrogens is 266 g/mol. The lowest BCUT2D eigenvalue weighted by Gasteiger charge is -2.14. The van der Waals surface area contributed by atoms with E-state index >= 15 is 0 Å². The van der Waals surface area contributed by atoms with Gasteiger partial charge >= 0.3 is 0 Å². The van der Waals surface area contributed by atoms with E-state index in [0.717, 1.165) is 0 Å². The third kappa shape index (κ3) is 3.94. The van der Waals surface area contributed by atoms with Crippen LogP contribution in [0.4, 0.5) is 5.69 Å². The van der Waals surface area contributed by atoms with Crippen LogP contribution in [-0.4, -0.2) is 30.0 Å². The van der Waals surface area contributed by atoms with Crippen LogP contribution in [0.1, 0.15) is 19.8 Å². The average Bonchev–Trinajstić information content (AvgIpc) is 3.17. The maximum atomic E-state index is 12.2. The van der Waals surface area contributed by atoms with Gasteiger partial charge in [0.1, 0.15) is 5.69 Å². The van der Waals surface area contributed by atoms with Crippen molar-refractivity contribution in [2.45, 2.75) is 26.3 Å². The van der Waals surface area contributed by atoms with E-state index in [1.165, 1.54) is 23.7 Å². The van der Waals surface area contributed by atoms with Gasteiger partial charge in [-0.15, -0.1) is 0 Å². The van der Waals surface area contributed by atoms with E-state index in [9.17, 15) is 4.79 Å². The molecule has 106 valence electrons. The second-order valence-corrected chi connectivity index (χ2v) is 5.65. The lowest BCUT2D eigenvalue weighted by atomic mass is 10.2. The minimum absolute atomic E-state index is 0.135. The Morgan fingerprint density at radius 3 is 3.00 bits per heavy atom. The number of hydrogen-bond donors (Lipinski definition) is 1. The monoisotopic (exact) mass is 285 g/mol. The zero-order chi connectivity index (χ0) is 13.8.